The Hall–Kier alpha value is -0.380. The summed E-state index contributed by atoms with van der Waals surface area (Å²) in [5, 5.41) is 3.89. The highest BCUT2D eigenvalue weighted by molar-refractivity contribution is 7.11. The predicted octanol–water partition coefficient (Wildman–Crippen LogP) is 3.81. The fourth-order valence-electron chi connectivity index (χ4n) is 3.84. The second-order valence-electron chi connectivity index (χ2n) is 6.55. The molecule has 0 bridgehead atoms. The highest BCUT2D eigenvalue weighted by Crippen LogP contribution is 2.31. The van der Waals surface area contributed by atoms with Gasteiger partial charge in [-0.1, -0.05) is 26.2 Å². The van der Waals surface area contributed by atoms with E-state index in [9.17, 15) is 0 Å². The summed E-state index contributed by atoms with van der Waals surface area (Å²) < 4.78 is 0. The topological polar surface area (TPSA) is 15.3 Å². The van der Waals surface area contributed by atoms with Crippen molar-refractivity contribution < 1.29 is 0 Å². The van der Waals surface area contributed by atoms with Gasteiger partial charge in [-0.25, -0.2) is 0 Å². The molecule has 2 heterocycles. The Kier molecular flexibility index (Phi) is 4.79. The first-order chi connectivity index (χ1) is 9.80. The van der Waals surface area contributed by atoms with E-state index in [0.29, 0.717) is 5.54 Å². The molecule has 0 radical (unpaired) electrons. The molecule has 3 rings (SSSR count). The Morgan fingerprint density at radius 1 is 1.15 bits per heavy atom. The predicted molar refractivity (Wildman–Crippen MR) is 87.4 cm³/mol. The quantitative estimate of drug-likeness (QED) is 0.911. The van der Waals surface area contributed by atoms with Gasteiger partial charge in [-0.15, -0.1) is 11.3 Å². The van der Waals surface area contributed by atoms with E-state index in [1.807, 2.05) is 11.3 Å². The molecule has 1 saturated carbocycles. The van der Waals surface area contributed by atoms with E-state index in [1.54, 1.807) is 4.88 Å². The Bertz CT molecular complexity index is 420. The monoisotopic (exact) mass is 292 g/mol. The Labute approximate surface area is 127 Å². The maximum absolute atomic E-state index is 3.89. The molecular formula is C17H28N2S. The molecule has 0 unspecified atom stereocenters. The summed E-state index contributed by atoms with van der Waals surface area (Å²) in [6.45, 7) is 7.14. The van der Waals surface area contributed by atoms with Crippen molar-refractivity contribution in [1.82, 2.24) is 10.2 Å². The summed E-state index contributed by atoms with van der Waals surface area (Å²) in [4.78, 5) is 5.78. The summed E-state index contributed by atoms with van der Waals surface area (Å²) in [5.74, 6) is 0. The van der Waals surface area contributed by atoms with Crippen molar-refractivity contribution >= 4 is 11.3 Å². The molecule has 3 heteroatoms. The summed E-state index contributed by atoms with van der Waals surface area (Å²) in [5.41, 5.74) is 0.430. The van der Waals surface area contributed by atoms with E-state index in [2.05, 4.69) is 29.3 Å². The van der Waals surface area contributed by atoms with Crippen LogP contribution in [0, 0.1) is 0 Å². The molecule has 0 atom stereocenters. The van der Waals surface area contributed by atoms with Gasteiger partial charge in [0.2, 0.25) is 0 Å². The normalized spacial score (nSPS) is 23.9. The number of aryl methyl sites for hydroxylation is 1. The zero-order valence-corrected chi connectivity index (χ0v) is 13.6. The van der Waals surface area contributed by atoms with Gasteiger partial charge in [0.05, 0.1) is 0 Å². The molecule has 1 aromatic rings. The fourth-order valence-corrected chi connectivity index (χ4v) is 4.84. The summed E-state index contributed by atoms with van der Waals surface area (Å²) in [7, 11) is 0. The lowest BCUT2D eigenvalue weighted by molar-refractivity contribution is 0.160. The molecule has 1 N–H and O–H groups in total. The van der Waals surface area contributed by atoms with Gasteiger partial charge in [-0.3, -0.25) is 4.90 Å². The maximum atomic E-state index is 3.89. The van der Waals surface area contributed by atoms with Crippen LogP contribution in [0.3, 0.4) is 0 Å². The number of nitrogens with one attached hydrogen (secondary N) is 1. The number of hydrogen-bond donors (Lipinski definition) is 1. The van der Waals surface area contributed by atoms with Crippen molar-refractivity contribution in [1.29, 1.82) is 0 Å². The number of hydrogen-bond acceptors (Lipinski definition) is 3. The van der Waals surface area contributed by atoms with E-state index >= 15 is 0 Å². The van der Waals surface area contributed by atoms with Crippen molar-refractivity contribution in [2.45, 2.75) is 64.0 Å². The van der Waals surface area contributed by atoms with Crippen molar-refractivity contribution in [2.24, 2.45) is 0 Å². The van der Waals surface area contributed by atoms with E-state index in [-0.39, 0.29) is 0 Å². The van der Waals surface area contributed by atoms with Gasteiger partial charge in [0.15, 0.2) is 0 Å². The maximum Gasteiger partial charge on any atom is 0.0328 e. The van der Waals surface area contributed by atoms with Gasteiger partial charge in [0.1, 0.15) is 0 Å². The Morgan fingerprint density at radius 3 is 2.70 bits per heavy atom. The minimum absolute atomic E-state index is 0.430. The molecule has 2 aliphatic rings. The van der Waals surface area contributed by atoms with Crippen LogP contribution in [0.15, 0.2) is 12.1 Å². The lowest BCUT2D eigenvalue weighted by atomic mass is 9.81. The molecule has 0 amide bonds. The number of nitrogens with zero attached hydrogens (tertiary/aromatic N) is 1. The zero-order valence-electron chi connectivity index (χ0n) is 12.8. The molecule has 112 valence electrons. The third-order valence-electron chi connectivity index (χ3n) is 4.93. The van der Waals surface area contributed by atoms with Gasteiger partial charge in [0, 0.05) is 28.4 Å². The summed E-state index contributed by atoms with van der Waals surface area (Å²) >= 11 is 2.01. The van der Waals surface area contributed by atoms with E-state index < -0.39 is 0 Å². The molecule has 20 heavy (non-hydrogen) atoms. The van der Waals surface area contributed by atoms with Gasteiger partial charge in [0.25, 0.3) is 0 Å². The van der Waals surface area contributed by atoms with Crippen LogP contribution in [0.2, 0.25) is 0 Å². The number of rotatable bonds is 3. The lowest BCUT2D eigenvalue weighted by Crippen LogP contribution is -2.52. The average Bonchev–Trinajstić information content (AvgIpc) is 2.83. The Balaban J connectivity index is 1.65. The van der Waals surface area contributed by atoms with Gasteiger partial charge in [-0.2, -0.15) is 0 Å². The highest BCUT2D eigenvalue weighted by atomic mass is 32.1. The van der Waals surface area contributed by atoms with E-state index in [1.165, 1.54) is 69.5 Å². The van der Waals surface area contributed by atoms with Crippen LogP contribution < -0.4 is 5.32 Å². The van der Waals surface area contributed by atoms with Crippen molar-refractivity contribution in [3.8, 4) is 0 Å². The van der Waals surface area contributed by atoms with Crippen LogP contribution >= 0.6 is 11.3 Å². The second kappa shape index (κ2) is 6.59. The Morgan fingerprint density at radius 2 is 1.95 bits per heavy atom. The largest absolute Gasteiger partial charge is 0.310 e. The smallest absolute Gasteiger partial charge is 0.0328 e. The van der Waals surface area contributed by atoms with Gasteiger partial charge in [-0.05, 0) is 50.9 Å². The second-order valence-corrected chi connectivity index (χ2v) is 7.81. The van der Waals surface area contributed by atoms with Crippen LogP contribution in [-0.2, 0) is 13.0 Å². The summed E-state index contributed by atoms with van der Waals surface area (Å²) in [6, 6.07) is 4.65. The van der Waals surface area contributed by atoms with Crippen LogP contribution in [0.1, 0.15) is 55.2 Å². The van der Waals surface area contributed by atoms with Crippen molar-refractivity contribution in [3.05, 3.63) is 21.9 Å². The van der Waals surface area contributed by atoms with Crippen LogP contribution in [-0.4, -0.2) is 30.1 Å². The average molecular weight is 292 g/mol. The third-order valence-corrected chi connectivity index (χ3v) is 6.15. The molecule has 1 aliphatic heterocycles. The van der Waals surface area contributed by atoms with E-state index in [4.69, 9.17) is 0 Å². The zero-order chi connectivity index (χ0) is 13.8. The minimum Gasteiger partial charge on any atom is -0.310 e. The fraction of sp³-hybridized carbons (Fsp3) is 0.765. The van der Waals surface area contributed by atoms with Gasteiger partial charge < -0.3 is 5.32 Å². The lowest BCUT2D eigenvalue weighted by Gasteiger charge is -2.40. The first kappa shape index (κ1) is 14.6. The van der Waals surface area contributed by atoms with Crippen LogP contribution in [0.4, 0.5) is 0 Å². The molecular weight excluding hydrogens is 264 g/mol. The first-order valence-electron chi connectivity index (χ1n) is 8.35. The molecule has 1 saturated heterocycles. The van der Waals surface area contributed by atoms with E-state index in [0.717, 1.165) is 6.54 Å². The first-order valence-corrected chi connectivity index (χ1v) is 9.16. The molecule has 2 fully saturated rings. The highest BCUT2D eigenvalue weighted by Gasteiger charge is 2.34. The molecule has 1 spiro atoms. The van der Waals surface area contributed by atoms with Crippen molar-refractivity contribution in [2.75, 3.05) is 19.6 Å². The summed E-state index contributed by atoms with van der Waals surface area (Å²) in [6.07, 6.45) is 9.51. The van der Waals surface area contributed by atoms with Crippen LogP contribution in [0.5, 0.6) is 0 Å². The molecule has 0 aromatic carbocycles. The SMILES string of the molecule is CCc1ccc(CN2CCCNC3(CCCCC3)C2)s1. The molecule has 2 nitrogen and oxygen atoms in total. The van der Waals surface area contributed by atoms with Gasteiger partial charge >= 0.3 is 0 Å². The number of thiophene rings is 1. The third kappa shape index (κ3) is 3.44. The van der Waals surface area contributed by atoms with Crippen molar-refractivity contribution in [3.63, 3.8) is 0 Å². The molecule has 1 aromatic heterocycles. The van der Waals surface area contributed by atoms with Crippen LogP contribution in [0.25, 0.3) is 0 Å². The minimum atomic E-state index is 0.430. The standard InChI is InChI=1S/C17H28N2S/c1-2-15-7-8-16(20-15)13-19-12-6-11-18-17(14-19)9-4-3-5-10-17/h7-8,18H,2-6,9-14H2,1H3. The molecule has 1 aliphatic carbocycles.